The SMILES string of the molecule is CSC1CCC(NC(=O)C2CCCNC2)CC1. The maximum Gasteiger partial charge on any atom is 0.224 e. The quantitative estimate of drug-likeness (QED) is 0.809. The van der Waals surface area contributed by atoms with Crippen LogP contribution in [0.4, 0.5) is 0 Å². The van der Waals surface area contributed by atoms with Crippen LogP contribution in [0.2, 0.25) is 0 Å². The summed E-state index contributed by atoms with van der Waals surface area (Å²) in [7, 11) is 0. The van der Waals surface area contributed by atoms with Crippen molar-refractivity contribution in [2.45, 2.75) is 49.8 Å². The number of carbonyl (C=O) groups is 1. The predicted octanol–water partition coefficient (Wildman–Crippen LogP) is 1.78. The molecule has 1 saturated heterocycles. The summed E-state index contributed by atoms with van der Waals surface area (Å²) in [5.74, 6) is 0.492. The van der Waals surface area contributed by atoms with Crippen LogP contribution in [0, 0.1) is 5.92 Å². The van der Waals surface area contributed by atoms with Crippen LogP contribution in [-0.4, -0.2) is 36.5 Å². The third-order valence-electron chi connectivity index (χ3n) is 4.02. The van der Waals surface area contributed by atoms with Gasteiger partial charge in [-0.2, -0.15) is 11.8 Å². The Kier molecular flexibility index (Phi) is 5.16. The zero-order valence-corrected chi connectivity index (χ0v) is 11.5. The summed E-state index contributed by atoms with van der Waals surface area (Å²) in [6.45, 7) is 1.94. The van der Waals surface area contributed by atoms with Crippen LogP contribution in [0.3, 0.4) is 0 Å². The fraction of sp³-hybridized carbons (Fsp3) is 0.923. The Labute approximate surface area is 108 Å². The maximum absolute atomic E-state index is 12.1. The molecule has 0 aromatic heterocycles. The molecule has 3 nitrogen and oxygen atoms in total. The number of hydrogen-bond acceptors (Lipinski definition) is 3. The Morgan fingerprint density at radius 1 is 1.24 bits per heavy atom. The average Bonchev–Trinajstić information content (AvgIpc) is 2.40. The minimum absolute atomic E-state index is 0.210. The van der Waals surface area contributed by atoms with Gasteiger partial charge in [-0.1, -0.05) is 0 Å². The summed E-state index contributed by atoms with van der Waals surface area (Å²) in [5, 5.41) is 7.37. The van der Waals surface area contributed by atoms with Gasteiger partial charge in [0.25, 0.3) is 0 Å². The molecule has 2 rings (SSSR count). The van der Waals surface area contributed by atoms with Crippen LogP contribution >= 0.6 is 11.8 Å². The molecule has 0 spiro atoms. The summed E-state index contributed by atoms with van der Waals surface area (Å²) in [5.41, 5.74) is 0. The highest BCUT2D eigenvalue weighted by molar-refractivity contribution is 7.99. The van der Waals surface area contributed by atoms with Gasteiger partial charge in [0.15, 0.2) is 0 Å². The molecule has 1 saturated carbocycles. The summed E-state index contributed by atoms with van der Waals surface area (Å²) < 4.78 is 0. The molecule has 2 N–H and O–H groups in total. The van der Waals surface area contributed by atoms with Gasteiger partial charge in [0.2, 0.25) is 5.91 Å². The van der Waals surface area contributed by atoms with E-state index in [2.05, 4.69) is 16.9 Å². The normalized spacial score (nSPS) is 34.3. The van der Waals surface area contributed by atoms with Crippen molar-refractivity contribution in [3.8, 4) is 0 Å². The number of hydrogen-bond donors (Lipinski definition) is 2. The molecule has 1 heterocycles. The van der Waals surface area contributed by atoms with Crippen LogP contribution < -0.4 is 10.6 Å². The molecule has 4 heteroatoms. The molecule has 1 unspecified atom stereocenters. The summed E-state index contributed by atoms with van der Waals surface area (Å²) in [4.78, 5) is 12.1. The van der Waals surface area contributed by atoms with Crippen molar-refractivity contribution < 1.29 is 4.79 Å². The molecule has 0 aromatic carbocycles. The largest absolute Gasteiger partial charge is 0.353 e. The van der Waals surface area contributed by atoms with Crippen LogP contribution in [0.25, 0.3) is 0 Å². The standard InChI is InChI=1S/C13H24N2OS/c1-17-12-6-4-11(5-7-12)15-13(16)10-3-2-8-14-9-10/h10-12,14H,2-9H2,1H3,(H,15,16). The highest BCUT2D eigenvalue weighted by Gasteiger charge is 2.26. The molecule has 0 aromatic rings. The lowest BCUT2D eigenvalue weighted by Crippen LogP contribution is -2.45. The van der Waals surface area contributed by atoms with E-state index in [1.807, 2.05) is 11.8 Å². The number of thioether (sulfide) groups is 1. The van der Waals surface area contributed by atoms with E-state index in [1.54, 1.807) is 0 Å². The Hall–Kier alpha value is -0.220. The smallest absolute Gasteiger partial charge is 0.224 e. The fourth-order valence-electron chi connectivity index (χ4n) is 2.84. The first-order valence-electron chi connectivity index (χ1n) is 6.83. The lowest BCUT2D eigenvalue weighted by molar-refractivity contribution is -0.126. The van der Waals surface area contributed by atoms with Crippen molar-refractivity contribution >= 4 is 17.7 Å². The lowest BCUT2D eigenvalue weighted by atomic mass is 9.93. The van der Waals surface area contributed by atoms with Gasteiger partial charge in [0, 0.05) is 17.8 Å². The first kappa shape index (κ1) is 13.2. The minimum Gasteiger partial charge on any atom is -0.353 e. The van der Waals surface area contributed by atoms with E-state index in [4.69, 9.17) is 0 Å². The third-order valence-corrected chi connectivity index (χ3v) is 5.16. The summed E-state index contributed by atoms with van der Waals surface area (Å²) in [6, 6.07) is 0.438. The number of carbonyl (C=O) groups excluding carboxylic acids is 1. The highest BCUT2D eigenvalue weighted by atomic mass is 32.2. The number of rotatable bonds is 3. The minimum atomic E-state index is 0.210. The maximum atomic E-state index is 12.1. The zero-order valence-electron chi connectivity index (χ0n) is 10.7. The Morgan fingerprint density at radius 2 is 2.00 bits per heavy atom. The molecule has 0 bridgehead atoms. The number of piperidine rings is 1. The second-order valence-corrected chi connectivity index (χ2v) is 6.40. The van der Waals surface area contributed by atoms with E-state index in [1.165, 1.54) is 12.8 Å². The van der Waals surface area contributed by atoms with Crippen molar-refractivity contribution in [1.29, 1.82) is 0 Å². The number of amides is 1. The monoisotopic (exact) mass is 256 g/mol. The van der Waals surface area contributed by atoms with E-state index < -0.39 is 0 Å². The van der Waals surface area contributed by atoms with Crippen LogP contribution in [0.1, 0.15) is 38.5 Å². The fourth-order valence-corrected chi connectivity index (χ4v) is 3.58. The van der Waals surface area contributed by atoms with Gasteiger partial charge in [-0.25, -0.2) is 0 Å². The third kappa shape index (κ3) is 3.88. The molecule has 1 aliphatic heterocycles. The van der Waals surface area contributed by atoms with Gasteiger partial charge in [-0.15, -0.1) is 0 Å². The second kappa shape index (κ2) is 6.64. The van der Waals surface area contributed by atoms with Crippen LogP contribution in [0.15, 0.2) is 0 Å². The van der Waals surface area contributed by atoms with E-state index in [0.717, 1.165) is 44.0 Å². The zero-order chi connectivity index (χ0) is 12.1. The predicted molar refractivity (Wildman–Crippen MR) is 73.3 cm³/mol. The Morgan fingerprint density at radius 3 is 2.59 bits per heavy atom. The topological polar surface area (TPSA) is 41.1 Å². The van der Waals surface area contributed by atoms with Crippen molar-refractivity contribution in [2.24, 2.45) is 5.92 Å². The van der Waals surface area contributed by atoms with E-state index in [-0.39, 0.29) is 11.8 Å². The van der Waals surface area contributed by atoms with Crippen LogP contribution in [0.5, 0.6) is 0 Å². The van der Waals surface area contributed by atoms with Gasteiger partial charge in [0.05, 0.1) is 5.92 Å². The second-order valence-electron chi connectivity index (χ2n) is 5.26. The van der Waals surface area contributed by atoms with Gasteiger partial charge >= 0.3 is 0 Å². The van der Waals surface area contributed by atoms with Crippen molar-refractivity contribution in [1.82, 2.24) is 10.6 Å². The van der Waals surface area contributed by atoms with Gasteiger partial charge in [0.1, 0.15) is 0 Å². The summed E-state index contributed by atoms with van der Waals surface area (Å²) in [6.07, 6.45) is 9.23. The Bertz CT molecular complexity index is 246. The molecule has 2 aliphatic rings. The molecule has 1 amide bonds. The first-order valence-corrected chi connectivity index (χ1v) is 8.12. The lowest BCUT2D eigenvalue weighted by Gasteiger charge is -2.30. The van der Waals surface area contributed by atoms with Crippen LogP contribution in [-0.2, 0) is 4.79 Å². The van der Waals surface area contributed by atoms with Crippen molar-refractivity contribution in [3.63, 3.8) is 0 Å². The van der Waals surface area contributed by atoms with Crippen molar-refractivity contribution in [3.05, 3.63) is 0 Å². The molecule has 1 atom stereocenters. The van der Waals surface area contributed by atoms with Gasteiger partial charge in [-0.3, -0.25) is 4.79 Å². The molecule has 0 radical (unpaired) electrons. The van der Waals surface area contributed by atoms with Crippen molar-refractivity contribution in [2.75, 3.05) is 19.3 Å². The van der Waals surface area contributed by atoms with E-state index in [9.17, 15) is 4.79 Å². The Balaban J connectivity index is 1.71. The van der Waals surface area contributed by atoms with E-state index >= 15 is 0 Å². The molecule has 1 aliphatic carbocycles. The van der Waals surface area contributed by atoms with Gasteiger partial charge in [-0.05, 0) is 51.3 Å². The molecule has 98 valence electrons. The molecular formula is C13H24N2OS. The summed E-state index contributed by atoms with van der Waals surface area (Å²) >= 11 is 1.97. The number of nitrogens with one attached hydrogen (secondary N) is 2. The highest BCUT2D eigenvalue weighted by Crippen LogP contribution is 2.27. The molecular weight excluding hydrogens is 232 g/mol. The first-order chi connectivity index (χ1) is 8.29. The van der Waals surface area contributed by atoms with Gasteiger partial charge < -0.3 is 10.6 Å². The van der Waals surface area contributed by atoms with E-state index in [0.29, 0.717) is 6.04 Å². The average molecular weight is 256 g/mol. The molecule has 17 heavy (non-hydrogen) atoms. The molecule has 2 fully saturated rings.